The second-order valence-electron chi connectivity index (χ2n) is 5.85. The summed E-state index contributed by atoms with van der Waals surface area (Å²) in [6.45, 7) is 2.92. The zero-order chi connectivity index (χ0) is 16.1. The molecule has 22 heavy (non-hydrogen) atoms. The molecule has 0 bridgehead atoms. The van der Waals surface area contributed by atoms with Crippen LogP contribution < -0.4 is 15.4 Å². The van der Waals surface area contributed by atoms with E-state index in [-0.39, 0.29) is 0 Å². The first-order chi connectivity index (χ1) is 10.6. The maximum absolute atomic E-state index is 5.70. The van der Waals surface area contributed by atoms with Gasteiger partial charge in [-0.15, -0.1) is 0 Å². The van der Waals surface area contributed by atoms with Crippen LogP contribution in [0.4, 0.5) is 5.69 Å². The van der Waals surface area contributed by atoms with Crippen LogP contribution in [0.5, 0.6) is 5.75 Å². The average Bonchev–Trinajstić information content (AvgIpc) is 2.54. The molecule has 0 aliphatic heterocycles. The van der Waals surface area contributed by atoms with Crippen LogP contribution in [0.1, 0.15) is 24.8 Å². The van der Waals surface area contributed by atoms with Crippen LogP contribution in [0.15, 0.2) is 42.5 Å². The van der Waals surface area contributed by atoms with E-state index in [1.54, 1.807) is 7.11 Å². The second kappa shape index (κ2) is 7.32. The first-order valence-corrected chi connectivity index (χ1v) is 7.73. The second-order valence-corrected chi connectivity index (χ2v) is 5.85. The van der Waals surface area contributed by atoms with Crippen molar-refractivity contribution in [2.75, 3.05) is 32.6 Å². The largest absolute Gasteiger partial charge is 0.496 e. The molecule has 2 rings (SSSR count). The van der Waals surface area contributed by atoms with Crippen LogP contribution >= 0.6 is 0 Å². The molecule has 0 aromatic heterocycles. The van der Waals surface area contributed by atoms with E-state index >= 15 is 0 Å². The van der Waals surface area contributed by atoms with Gasteiger partial charge in [-0.3, -0.25) is 0 Å². The van der Waals surface area contributed by atoms with Gasteiger partial charge in [-0.25, -0.2) is 0 Å². The first kappa shape index (κ1) is 16.4. The minimum Gasteiger partial charge on any atom is -0.496 e. The van der Waals surface area contributed by atoms with E-state index in [4.69, 9.17) is 10.5 Å². The molecule has 0 aliphatic carbocycles. The average molecular weight is 298 g/mol. The molecule has 0 aliphatic rings. The number of anilines is 1. The Morgan fingerprint density at radius 1 is 1.09 bits per heavy atom. The fourth-order valence-electron chi connectivity index (χ4n) is 2.75. The molecular weight excluding hydrogens is 272 g/mol. The third-order valence-electron chi connectivity index (χ3n) is 4.07. The zero-order valence-corrected chi connectivity index (χ0v) is 14.0. The third-order valence-corrected chi connectivity index (χ3v) is 4.07. The minimum absolute atomic E-state index is 0.446. The molecule has 0 saturated heterocycles. The number of rotatable bonds is 6. The number of benzene rings is 2. The van der Waals surface area contributed by atoms with Crippen LogP contribution in [0.2, 0.25) is 0 Å². The number of nitrogens with zero attached hydrogens (tertiary/aromatic N) is 1. The maximum Gasteiger partial charge on any atom is 0.126 e. The number of hydrogen-bond donors (Lipinski definition) is 1. The summed E-state index contributed by atoms with van der Waals surface area (Å²) in [5, 5.41) is 0. The van der Waals surface area contributed by atoms with E-state index in [0.29, 0.717) is 12.5 Å². The van der Waals surface area contributed by atoms with Crippen molar-refractivity contribution in [2.45, 2.75) is 19.3 Å². The molecule has 1 unspecified atom stereocenters. The summed E-state index contributed by atoms with van der Waals surface area (Å²) < 4.78 is 5.59. The Morgan fingerprint density at radius 3 is 2.45 bits per heavy atom. The van der Waals surface area contributed by atoms with Crippen molar-refractivity contribution in [1.29, 1.82) is 0 Å². The fourth-order valence-corrected chi connectivity index (χ4v) is 2.75. The van der Waals surface area contributed by atoms with Crippen LogP contribution in [-0.4, -0.2) is 27.7 Å². The molecule has 3 heteroatoms. The molecule has 3 nitrogen and oxygen atoms in total. The lowest BCUT2D eigenvalue weighted by molar-refractivity contribution is 0.416. The highest BCUT2D eigenvalue weighted by molar-refractivity contribution is 5.82. The summed E-state index contributed by atoms with van der Waals surface area (Å²) in [6, 6.07) is 14.8. The summed E-state index contributed by atoms with van der Waals surface area (Å²) in [5.41, 5.74) is 10.5. The lowest BCUT2D eigenvalue weighted by atomic mass is 9.93. The Morgan fingerprint density at radius 2 is 1.82 bits per heavy atom. The summed E-state index contributed by atoms with van der Waals surface area (Å²) >= 11 is 0. The van der Waals surface area contributed by atoms with Crippen LogP contribution in [0.25, 0.3) is 11.1 Å². The number of ether oxygens (including phenoxy) is 1. The van der Waals surface area contributed by atoms with Gasteiger partial charge in [0, 0.05) is 30.9 Å². The van der Waals surface area contributed by atoms with Crippen LogP contribution in [-0.2, 0) is 0 Å². The van der Waals surface area contributed by atoms with Crippen molar-refractivity contribution in [3.8, 4) is 16.9 Å². The van der Waals surface area contributed by atoms with Crippen LogP contribution in [0.3, 0.4) is 0 Å². The first-order valence-electron chi connectivity index (χ1n) is 7.73. The number of hydrogen-bond acceptors (Lipinski definition) is 3. The van der Waals surface area contributed by atoms with Gasteiger partial charge in [0.1, 0.15) is 5.75 Å². The summed E-state index contributed by atoms with van der Waals surface area (Å²) in [6.07, 6.45) is 0.987. The third kappa shape index (κ3) is 3.42. The van der Waals surface area contributed by atoms with Gasteiger partial charge in [0.15, 0.2) is 0 Å². The van der Waals surface area contributed by atoms with Crippen molar-refractivity contribution in [2.24, 2.45) is 5.73 Å². The smallest absolute Gasteiger partial charge is 0.126 e. The molecule has 0 saturated carbocycles. The lowest BCUT2D eigenvalue weighted by Gasteiger charge is -2.20. The highest BCUT2D eigenvalue weighted by Crippen LogP contribution is 2.38. The normalized spacial score (nSPS) is 12.0. The van der Waals surface area contributed by atoms with Gasteiger partial charge in [0.2, 0.25) is 0 Å². The Labute approximate surface area is 133 Å². The molecule has 0 amide bonds. The van der Waals surface area contributed by atoms with E-state index in [1.165, 1.54) is 16.8 Å². The monoisotopic (exact) mass is 298 g/mol. The van der Waals surface area contributed by atoms with Crippen LogP contribution in [0, 0.1) is 0 Å². The van der Waals surface area contributed by atoms with Crippen molar-refractivity contribution in [1.82, 2.24) is 0 Å². The molecular formula is C19H26N2O. The molecule has 2 aromatic carbocycles. The van der Waals surface area contributed by atoms with Gasteiger partial charge in [-0.05, 0) is 42.6 Å². The lowest BCUT2D eigenvalue weighted by Crippen LogP contribution is -2.10. The van der Waals surface area contributed by atoms with Gasteiger partial charge in [0.05, 0.1) is 7.11 Å². The Balaban J connectivity index is 2.55. The summed E-state index contributed by atoms with van der Waals surface area (Å²) in [4.78, 5) is 2.13. The highest BCUT2D eigenvalue weighted by Gasteiger charge is 2.14. The van der Waals surface area contributed by atoms with Crippen molar-refractivity contribution in [3.05, 3.63) is 48.0 Å². The SMILES string of the molecule is COc1ccc(C(C)CCN)cc1-c1ccccc1N(C)C. The van der Waals surface area contributed by atoms with Gasteiger partial charge < -0.3 is 15.4 Å². The molecule has 118 valence electrons. The number of para-hydroxylation sites is 1. The van der Waals surface area contributed by atoms with Gasteiger partial charge in [-0.1, -0.05) is 31.2 Å². The van der Waals surface area contributed by atoms with Gasteiger partial charge in [0.25, 0.3) is 0 Å². The molecule has 2 aromatic rings. The Kier molecular flexibility index (Phi) is 5.45. The van der Waals surface area contributed by atoms with Gasteiger partial charge in [-0.2, -0.15) is 0 Å². The Hall–Kier alpha value is -2.00. The van der Waals surface area contributed by atoms with E-state index in [1.807, 2.05) is 0 Å². The zero-order valence-electron chi connectivity index (χ0n) is 14.0. The quantitative estimate of drug-likeness (QED) is 0.879. The maximum atomic E-state index is 5.70. The number of methoxy groups -OCH3 is 1. The highest BCUT2D eigenvalue weighted by atomic mass is 16.5. The topological polar surface area (TPSA) is 38.5 Å². The predicted octanol–water partition coefficient (Wildman–Crippen LogP) is 3.88. The minimum atomic E-state index is 0.446. The van der Waals surface area contributed by atoms with E-state index in [2.05, 4.69) is 68.4 Å². The molecule has 0 spiro atoms. The predicted molar refractivity (Wildman–Crippen MR) is 94.8 cm³/mol. The van der Waals surface area contributed by atoms with E-state index in [0.717, 1.165) is 17.7 Å². The van der Waals surface area contributed by atoms with E-state index in [9.17, 15) is 0 Å². The summed E-state index contributed by atoms with van der Waals surface area (Å²) in [5.74, 6) is 1.35. The molecule has 0 fully saturated rings. The van der Waals surface area contributed by atoms with Gasteiger partial charge >= 0.3 is 0 Å². The van der Waals surface area contributed by atoms with Crippen molar-refractivity contribution >= 4 is 5.69 Å². The van der Waals surface area contributed by atoms with Crippen molar-refractivity contribution in [3.63, 3.8) is 0 Å². The molecule has 1 atom stereocenters. The summed E-state index contributed by atoms with van der Waals surface area (Å²) in [7, 11) is 5.85. The van der Waals surface area contributed by atoms with E-state index < -0.39 is 0 Å². The number of nitrogens with two attached hydrogens (primary N) is 1. The molecule has 0 heterocycles. The van der Waals surface area contributed by atoms with Crippen molar-refractivity contribution < 1.29 is 4.74 Å². The standard InChI is InChI=1S/C19H26N2O/c1-14(11-12-20)15-9-10-19(22-4)17(13-15)16-7-5-6-8-18(16)21(2)3/h5-10,13-14H,11-12,20H2,1-4H3. The molecule has 0 radical (unpaired) electrons. The molecule has 2 N–H and O–H groups in total. The Bertz CT molecular complexity index is 623. The fraction of sp³-hybridized carbons (Fsp3) is 0.368.